The van der Waals surface area contributed by atoms with Gasteiger partial charge in [0, 0.05) is 23.5 Å². The summed E-state index contributed by atoms with van der Waals surface area (Å²) in [5.41, 5.74) is 1.17. The number of ether oxygens (including phenoxy) is 1. The number of nitrogens with one attached hydrogen (secondary N) is 2. The molecule has 1 saturated heterocycles. The van der Waals surface area contributed by atoms with Gasteiger partial charge in [-0.1, -0.05) is 6.92 Å². The van der Waals surface area contributed by atoms with Crippen LogP contribution in [0.25, 0.3) is 0 Å². The summed E-state index contributed by atoms with van der Waals surface area (Å²) >= 11 is 1.37. The van der Waals surface area contributed by atoms with Crippen molar-refractivity contribution in [1.29, 1.82) is 0 Å². The molecule has 4 rings (SSSR count). The Morgan fingerprint density at radius 2 is 2.00 bits per heavy atom. The molecule has 2 heterocycles. The SMILES string of the molecule is COc1ccc(C(=O)Nc2nc(CN3CCC(C)CC3)cs2)cc1S(=O)(=O)NC1CC1. The second kappa shape index (κ2) is 9.23. The smallest absolute Gasteiger partial charge is 0.257 e. The predicted molar refractivity (Wildman–Crippen MR) is 120 cm³/mol. The largest absolute Gasteiger partial charge is 0.495 e. The summed E-state index contributed by atoms with van der Waals surface area (Å²) in [6.07, 6.45) is 4.05. The van der Waals surface area contributed by atoms with Crippen LogP contribution in [0.2, 0.25) is 0 Å². The summed E-state index contributed by atoms with van der Waals surface area (Å²) in [7, 11) is -2.35. The van der Waals surface area contributed by atoms with E-state index in [4.69, 9.17) is 4.74 Å². The molecule has 2 N–H and O–H groups in total. The Hall–Kier alpha value is -2.01. The van der Waals surface area contributed by atoms with Crippen molar-refractivity contribution in [3.8, 4) is 5.75 Å². The molecule has 2 aliphatic rings. The average Bonchev–Trinajstić information content (AvgIpc) is 3.45. The zero-order valence-corrected chi connectivity index (χ0v) is 19.4. The van der Waals surface area contributed by atoms with E-state index >= 15 is 0 Å². The first-order chi connectivity index (χ1) is 14.8. The van der Waals surface area contributed by atoms with Crippen LogP contribution in [0.3, 0.4) is 0 Å². The molecule has 1 aromatic heterocycles. The van der Waals surface area contributed by atoms with Crippen molar-refractivity contribution in [2.45, 2.75) is 50.1 Å². The Balaban J connectivity index is 1.44. The van der Waals surface area contributed by atoms with Crippen molar-refractivity contribution < 1.29 is 17.9 Å². The van der Waals surface area contributed by atoms with E-state index in [1.165, 1.54) is 43.4 Å². The van der Waals surface area contributed by atoms with Crippen LogP contribution >= 0.6 is 11.3 Å². The maximum atomic E-state index is 12.8. The molecular weight excluding hydrogens is 436 g/mol. The van der Waals surface area contributed by atoms with Crippen LogP contribution in [0.4, 0.5) is 5.13 Å². The quantitative estimate of drug-likeness (QED) is 0.623. The molecule has 1 aliphatic heterocycles. The number of likely N-dealkylation sites (tertiary alicyclic amines) is 1. The first-order valence-corrected chi connectivity index (χ1v) is 12.9. The third kappa shape index (κ3) is 5.62. The lowest BCUT2D eigenvalue weighted by atomic mass is 9.99. The molecule has 2 aromatic rings. The summed E-state index contributed by atoms with van der Waals surface area (Å²) in [6, 6.07) is 4.36. The molecule has 168 valence electrons. The van der Waals surface area contributed by atoms with Crippen molar-refractivity contribution in [3.05, 3.63) is 34.8 Å². The summed E-state index contributed by atoms with van der Waals surface area (Å²) in [4.78, 5) is 19.6. The second-order valence-corrected chi connectivity index (χ2v) is 10.9. The van der Waals surface area contributed by atoms with Gasteiger partial charge < -0.3 is 4.74 Å². The van der Waals surface area contributed by atoms with E-state index < -0.39 is 15.9 Å². The van der Waals surface area contributed by atoms with Gasteiger partial charge in [0.15, 0.2) is 5.13 Å². The van der Waals surface area contributed by atoms with Crippen LogP contribution < -0.4 is 14.8 Å². The van der Waals surface area contributed by atoms with E-state index in [0.717, 1.165) is 44.1 Å². The van der Waals surface area contributed by atoms with Crippen LogP contribution in [0.15, 0.2) is 28.5 Å². The number of thiazole rings is 1. The van der Waals surface area contributed by atoms with Crippen molar-refractivity contribution in [2.24, 2.45) is 5.92 Å². The highest BCUT2D eigenvalue weighted by Crippen LogP contribution is 2.29. The number of hydrogen-bond donors (Lipinski definition) is 2. The number of sulfonamides is 1. The number of rotatable bonds is 8. The number of hydrogen-bond acceptors (Lipinski definition) is 7. The fraction of sp³-hybridized carbons (Fsp3) is 0.524. The lowest BCUT2D eigenvalue weighted by Gasteiger charge is -2.29. The Morgan fingerprint density at radius 3 is 2.68 bits per heavy atom. The van der Waals surface area contributed by atoms with Gasteiger partial charge in [-0.05, 0) is 62.9 Å². The first kappa shape index (κ1) is 22.2. The average molecular weight is 465 g/mol. The van der Waals surface area contributed by atoms with E-state index in [-0.39, 0.29) is 22.3 Å². The number of benzene rings is 1. The van der Waals surface area contributed by atoms with Crippen LogP contribution in [0, 0.1) is 5.92 Å². The number of nitrogens with zero attached hydrogens (tertiary/aromatic N) is 2. The fourth-order valence-corrected chi connectivity index (χ4v) is 5.76. The molecule has 1 amide bonds. The number of anilines is 1. The number of methoxy groups -OCH3 is 1. The highest BCUT2D eigenvalue weighted by Gasteiger charge is 2.30. The summed E-state index contributed by atoms with van der Waals surface area (Å²) in [6.45, 7) is 5.19. The van der Waals surface area contributed by atoms with E-state index in [1.807, 2.05) is 5.38 Å². The van der Waals surface area contributed by atoms with Crippen molar-refractivity contribution >= 4 is 32.4 Å². The van der Waals surface area contributed by atoms with E-state index in [1.54, 1.807) is 6.07 Å². The molecule has 1 aliphatic carbocycles. The second-order valence-electron chi connectivity index (χ2n) is 8.32. The van der Waals surface area contributed by atoms with Crippen molar-refractivity contribution in [3.63, 3.8) is 0 Å². The predicted octanol–water partition coefficient (Wildman–Crippen LogP) is 3.08. The van der Waals surface area contributed by atoms with Crippen LogP contribution in [-0.4, -0.2) is 50.5 Å². The summed E-state index contributed by atoms with van der Waals surface area (Å²) in [5, 5.41) is 5.24. The molecule has 0 unspecified atom stereocenters. The Bertz CT molecular complexity index is 1040. The summed E-state index contributed by atoms with van der Waals surface area (Å²) in [5.74, 6) is 0.578. The minimum atomic E-state index is -3.76. The molecule has 1 aromatic carbocycles. The minimum absolute atomic E-state index is 0.0336. The van der Waals surface area contributed by atoms with Gasteiger partial charge in [0.1, 0.15) is 10.6 Å². The van der Waals surface area contributed by atoms with Crippen LogP contribution in [-0.2, 0) is 16.6 Å². The highest BCUT2D eigenvalue weighted by molar-refractivity contribution is 7.89. The number of piperidine rings is 1. The fourth-order valence-electron chi connectivity index (χ4n) is 3.57. The van der Waals surface area contributed by atoms with Gasteiger partial charge in [-0.2, -0.15) is 0 Å². The van der Waals surface area contributed by atoms with E-state index in [9.17, 15) is 13.2 Å². The lowest BCUT2D eigenvalue weighted by Crippen LogP contribution is -2.32. The van der Waals surface area contributed by atoms with Gasteiger partial charge in [-0.25, -0.2) is 18.1 Å². The topological polar surface area (TPSA) is 101 Å². The molecule has 1 saturated carbocycles. The number of aromatic nitrogens is 1. The Morgan fingerprint density at radius 1 is 1.26 bits per heavy atom. The number of amides is 1. The molecule has 31 heavy (non-hydrogen) atoms. The molecule has 0 spiro atoms. The third-order valence-electron chi connectivity index (χ3n) is 5.65. The van der Waals surface area contributed by atoms with Gasteiger partial charge in [-0.3, -0.25) is 15.0 Å². The van der Waals surface area contributed by atoms with Gasteiger partial charge in [0.05, 0.1) is 12.8 Å². The molecule has 0 bridgehead atoms. The molecule has 0 atom stereocenters. The third-order valence-corrected chi connectivity index (χ3v) is 8.00. The number of carbonyl (C=O) groups excluding carboxylic acids is 1. The first-order valence-electron chi connectivity index (χ1n) is 10.5. The standard InChI is InChI=1S/C21H28N4O4S2/c1-14-7-9-25(10-8-14)12-17-13-30-21(22-17)23-20(26)15-3-6-18(29-2)19(11-15)31(27,28)24-16-4-5-16/h3,6,11,13-14,16,24H,4-5,7-10,12H2,1-2H3,(H,22,23,26). The van der Waals surface area contributed by atoms with Gasteiger partial charge >= 0.3 is 0 Å². The van der Waals surface area contributed by atoms with Gasteiger partial charge in [0.25, 0.3) is 5.91 Å². The van der Waals surface area contributed by atoms with Crippen LogP contribution in [0.5, 0.6) is 5.75 Å². The van der Waals surface area contributed by atoms with E-state index in [0.29, 0.717) is 5.13 Å². The molecule has 2 fully saturated rings. The monoisotopic (exact) mass is 464 g/mol. The molecule has 10 heteroatoms. The molecular formula is C21H28N4O4S2. The summed E-state index contributed by atoms with van der Waals surface area (Å²) < 4.78 is 33.2. The van der Waals surface area contributed by atoms with Crippen molar-refractivity contribution in [2.75, 3.05) is 25.5 Å². The molecule has 8 nitrogen and oxygen atoms in total. The zero-order chi connectivity index (χ0) is 22.0. The Labute approximate surface area is 187 Å². The van der Waals surface area contributed by atoms with Gasteiger partial charge in [0.2, 0.25) is 10.0 Å². The van der Waals surface area contributed by atoms with Crippen molar-refractivity contribution in [1.82, 2.24) is 14.6 Å². The molecule has 0 radical (unpaired) electrons. The minimum Gasteiger partial charge on any atom is -0.495 e. The van der Waals surface area contributed by atoms with E-state index in [2.05, 4.69) is 26.8 Å². The zero-order valence-electron chi connectivity index (χ0n) is 17.8. The highest BCUT2D eigenvalue weighted by atomic mass is 32.2. The number of carbonyl (C=O) groups is 1. The lowest BCUT2D eigenvalue weighted by molar-refractivity contribution is 0.102. The maximum absolute atomic E-state index is 12.8. The van der Waals surface area contributed by atoms with Gasteiger partial charge in [-0.15, -0.1) is 11.3 Å². The van der Waals surface area contributed by atoms with Crippen LogP contribution in [0.1, 0.15) is 48.7 Å². The Kier molecular flexibility index (Phi) is 6.61. The normalized spacial score (nSPS) is 18.1. The maximum Gasteiger partial charge on any atom is 0.257 e.